The number of hydrogen-bond acceptors (Lipinski definition) is 5. The van der Waals surface area contributed by atoms with Gasteiger partial charge in [0.1, 0.15) is 12.4 Å². The highest BCUT2D eigenvalue weighted by atomic mass is 16.5. The fourth-order valence-electron chi connectivity index (χ4n) is 5.24. The first-order valence-electron chi connectivity index (χ1n) is 12.8. The van der Waals surface area contributed by atoms with Crippen LogP contribution in [0, 0.1) is 10.8 Å². The fraction of sp³-hybridized carbons (Fsp3) is 0.407. The van der Waals surface area contributed by atoms with Gasteiger partial charge in [-0.2, -0.15) is 0 Å². The van der Waals surface area contributed by atoms with Crippen molar-refractivity contribution in [1.82, 2.24) is 0 Å². The number of ether oxygens (including phenoxy) is 1. The summed E-state index contributed by atoms with van der Waals surface area (Å²) in [5.41, 5.74) is 22.9. The van der Waals surface area contributed by atoms with Gasteiger partial charge in [0.2, 0.25) is 11.8 Å². The van der Waals surface area contributed by atoms with E-state index in [-0.39, 0.29) is 23.7 Å². The molecule has 0 radical (unpaired) electrons. The quantitative estimate of drug-likeness (QED) is 0.156. The van der Waals surface area contributed by atoms with Crippen molar-refractivity contribution in [3.63, 3.8) is 0 Å². The number of benzene rings is 2. The summed E-state index contributed by atoms with van der Waals surface area (Å²) in [4.78, 5) is 34.4. The van der Waals surface area contributed by atoms with E-state index in [4.69, 9.17) is 27.7 Å². The maximum atomic E-state index is 13.3. The van der Waals surface area contributed by atoms with Gasteiger partial charge in [0.05, 0.1) is 13.1 Å². The van der Waals surface area contributed by atoms with E-state index in [1.54, 1.807) is 12.1 Å². The molecule has 3 saturated carbocycles. The molecule has 3 aliphatic carbocycles. The van der Waals surface area contributed by atoms with E-state index in [1.165, 1.54) is 0 Å². The number of nitrogens with zero attached hydrogens (tertiary/aromatic N) is 2. The average molecular weight is 521 g/mol. The number of nitrogens with one attached hydrogen (secondary N) is 2. The van der Waals surface area contributed by atoms with Crippen molar-refractivity contribution in [1.29, 1.82) is 0 Å². The highest BCUT2D eigenvalue weighted by molar-refractivity contribution is 5.98. The van der Waals surface area contributed by atoms with Gasteiger partial charge < -0.3 is 38.3 Å². The molecule has 5 rings (SSSR count). The van der Waals surface area contributed by atoms with Crippen molar-refractivity contribution in [2.24, 2.45) is 43.7 Å². The van der Waals surface area contributed by atoms with Gasteiger partial charge in [0.25, 0.3) is 0 Å². The first kappa shape index (κ1) is 26.8. The Hall–Kier alpha value is -4.28. The Bertz CT molecular complexity index is 1180. The predicted molar refractivity (Wildman–Crippen MR) is 148 cm³/mol. The van der Waals surface area contributed by atoms with Crippen LogP contribution in [0.2, 0.25) is 0 Å². The van der Waals surface area contributed by atoms with Gasteiger partial charge in [-0.1, -0.05) is 12.1 Å². The summed E-state index contributed by atoms with van der Waals surface area (Å²) in [6.07, 6.45) is 4.15. The van der Waals surface area contributed by atoms with Crippen molar-refractivity contribution in [3.05, 3.63) is 54.1 Å². The van der Waals surface area contributed by atoms with E-state index < -0.39 is 10.8 Å². The van der Waals surface area contributed by atoms with Crippen LogP contribution in [-0.4, -0.2) is 36.9 Å². The Kier molecular flexibility index (Phi) is 8.04. The number of fused-ring (bicyclic) bond motifs is 3. The molecule has 0 aliphatic heterocycles. The van der Waals surface area contributed by atoms with E-state index in [1.807, 2.05) is 36.4 Å². The number of nitrogens with two attached hydrogens (primary N) is 4. The third kappa shape index (κ3) is 6.34. The largest absolute Gasteiger partial charge is 0.492 e. The van der Waals surface area contributed by atoms with Gasteiger partial charge >= 0.3 is 0 Å². The summed E-state index contributed by atoms with van der Waals surface area (Å²) in [5, 5.41) is 6.14. The topological polar surface area (TPSA) is 196 Å². The number of rotatable bonds is 10. The smallest absolute Gasteiger partial charge is 0.230 e. The molecule has 0 atom stereocenters. The molecule has 2 bridgehead atoms. The minimum absolute atomic E-state index is 0.0176. The van der Waals surface area contributed by atoms with Crippen molar-refractivity contribution in [2.45, 2.75) is 45.1 Å². The molecule has 10 N–H and O–H groups in total. The van der Waals surface area contributed by atoms with Crippen molar-refractivity contribution in [3.8, 4) is 5.75 Å². The fourth-order valence-corrected chi connectivity index (χ4v) is 5.24. The van der Waals surface area contributed by atoms with E-state index in [9.17, 15) is 9.59 Å². The molecule has 0 aromatic heterocycles. The lowest BCUT2D eigenvalue weighted by Crippen LogP contribution is -2.52. The molecule has 0 unspecified atom stereocenters. The lowest BCUT2D eigenvalue weighted by molar-refractivity contribution is -0.144. The van der Waals surface area contributed by atoms with Gasteiger partial charge in [-0.15, -0.1) is 0 Å². The minimum atomic E-state index is -0.440. The van der Waals surface area contributed by atoms with Gasteiger partial charge in [-0.25, -0.2) is 4.99 Å². The Morgan fingerprint density at radius 3 is 1.61 bits per heavy atom. The maximum Gasteiger partial charge on any atom is 0.230 e. The first-order valence-corrected chi connectivity index (χ1v) is 12.8. The van der Waals surface area contributed by atoms with Crippen LogP contribution in [0.15, 0.2) is 58.5 Å². The summed E-state index contributed by atoms with van der Waals surface area (Å²) in [7, 11) is 0. The highest BCUT2D eigenvalue weighted by Crippen LogP contribution is 2.57. The second kappa shape index (κ2) is 11.4. The molecule has 2 aromatic rings. The van der Waals surface area contributed by atoms with Gasteiger partial charge in [-0.3, -0.25) is 14.6 Å². The first-order chi connectivity index (χ1) is 18.2. The van der Waals surface area contributed by atoms with Crippen LogP contribution < -0.4 is 38.3 Å². The van der Waals surface area contributed by atoms with Gasteiger partial charge in [-0.05, 0) is 80.5 Å². The monoisotopic (exact) mass is 520 g/mol. The van der Waals surface area contributed by atoms with Gasteiger partial charge in [0.15, 0.2) is 11.9 Å². The second-order valence-corrected chi connectivity index (χ2v) is 10.1. The van der Waals surface area contributed by atoms with Crippen LogP contribution in [0.1, 0.15) is 44.1 Å². The molecule has 3 aliphatic rings. The van der Waals surface area contributed by atoms with Gasteiger partial charge in [0, 0.05) is 22.2 Å². The Labute approximate surface area is 222 Å². The lowest BCUT2D eigenvalue weighted by atomic mass is 9.53. The molecule has 11 heteroatoms. The number of aliphatic imine (C=N–C) groups is 2. The number of anilines is 2. The third-order valence-corrected chi connectivity index (χ3v) is 7.63. The maximum absolute atomic E-state index is 13.3. The van der Waals surface area contributed by atoms with Crippen molar-refractivity contribution in [2.75, 3.05) is 23.8 Å². The third-order valence-electron chi connectivity index (χ3n) is 7.63. The highest BCUT2D eigenvalue weighted by Gasteiger charge is 2.55. The second-order valence-electron chi connectivity index (χ2n) is 10.1. The molecule has 38 heavy (non-hydrogen) atoms. The Morgan fingerprint density at radius 2 is 1.16 bits per heavy atom. The summed E-state index contributed by atoms with van der Waals surface area (Å²) < 4.78 is 5.60. The molecule has 0 spiro atoms. The predicted octanol–water partition coefficient (Wildman–Crippen LogP) is 2.03. The number of hydrogen-bond donors (Lipinski definition) is 6. The van der Waals surface area contributed by atoms with E-state index in [0.717, 1.165) is 11.3 Å². The Morgan fingerprint density at radius 1 is 0.711 bits per heavy atom. The zero-order valence-corrected chi connectivity index (χ0v) is 21.4. The molecule has 0 heterocycles. The van der Waals surface area contributed by atoms with Crippen LogP contribution >= 0.6 is 0 Å². The van der Waals surface area contributed by atoms with Crippen molar-refractivity contribution < 1.29 is 14.3 Å². The van der Waals surface area contributed by atoms with Crippen LogP contribution in [0.4, 0.5) is 11.4 Å². The molecule has 2 amide bonds. The number of amides is 2. The summed E-state index contributed by atoms with van der Waals surface area (Å²) >= 11 is 0. The lowest BCUT2D eigenvalue weighted by Gasteiger charge is -2.51. The normalized spacial score (nSPS) is 21.7. The van der Waals surface area contributed by atoms with E-state index in [2.05, 4.69) is 20.6 Å². The molecule has 202 valence electrons. The van der Waals surface area contributed by atoms with Crippen LogP contribution in [0.25, 0.3) is 0 Å². The molecule has 2 aromatic carbocycles. The van der Waals surface area contributed by atoms with Crippen molar-refractivity contribution >= 4 is 35.1 Å². The van der Waals surface area contributed by atoms with Crippen LogP contribution in [0.5, 0.6) is 5.75 Å². The molecule has 0 saturated heterocycles. The number of guanidine groups is 2. The summed E-state index contributed by atoms with van der Waals surface area (Å²) in [6, 6.07) is 14.7. The minimum Gasteiger partial charge on any atom is -0.492 e. The zero-order chi connectivity index (χ0) is 27.2. The van der Waals surface area contributed by atoms with E-state index in [0.29, 0.717) is 69.7 Å². The van der Waals surface area contributed by atoms with Crippen LogP contribution in [-0.2, 0) is 16.1 Å². The summed E-state index contributed by atoms with van der Waals surface area (Å²) in [5.74, 6) is 0.783. The SMILES string of the molecule is NC(N)=NCCOc1ccc(NC(=O)C23CCC(C(=O)Nc4ccc(CN=C(N)N)cc4)(CC2)CC3)cc1. The summed E-state index contributed by atoms with van der Waals surface area (Å²) in [6.45, 7) is 1.12. The molecular formula is C27H36N8O3. The average Bonchev–Trinajstić information content (AvgIpc) is 2.92. The Balaban J connectivity index is 1.28. The van der Waals surface area contributed by atoms with E-state index >= 15 is 0 Å². The number of carbonyl (C=O) groups is 2. The number of carbonyl (C=O) groups excluding carboxylic acids is 2. The standard InChI is InChI=1S/C27H36N8O3/c28-24(29)32-15-16-38-21-7-5-20(6-8-21)35-23(37)27-12-9-26(10-13-27,11-14-27)22(36)34-19-3-1-18(2-4-19)17-33-25(30)31/h1-8H,9-17H2,(H,34,36)(H,35,37)(H4,28,29,32)(H4,30,31,33). The van der Waals surface area contributed by atoms with Crippen LogP contribution in [0.3, 0.4) is 0 Å². The molecule has 3 fully saturated rings. The zero-order valence-electron chi connectivity index (χ0n) is 21.4. The molecule has 11 nitrogen and oxygen atoms in total. The molecular weight excluding hydrogens is 484 g/mol.